The molecule has 1 aromatic carbocycles. The molecule has 0 unspecified atom stereocenters. The van der Waals surface area contributed by atoms with Gasteiger partial charge in [-0.25, -0.2) is 0 Å². The van der Waals surface area contributed by atoms with Gasteiger partial charge in [0.05, 0.1) is 13.2 Å². The van der Waals surface area contributed by atoms with Crippen molar-refractivity contribution < 1.29 is 9.47 Å². The lowest BCUT2D eigenvalue weighted by Gasteiger charge is -2.26. The maximum absolute atomic E-state index is 5.75. The van der Waals surface area contributed by atoms with E-state index in [2.05, 4.69) is 20.8 Å². The molecule has 0 bridgehead atoms. The van der Waals surface area contributed by atoms with Crippen LogP contribution in [0.4, 0.5) is 0 Å². The Morgan fingerprint density at radius 2 is 2.11 bits per heavy atom. The molecule has 0 amide bonds. The lowest BCUT2D eigenvalue weighted by atomic mass is 10.2. The Bertz CT molecular complexity index is 381. The number of ether oxygens (including phenoxy) is 2. The fourth-order valence-electron chi connectivity index (χ4n) is 1.91. The number of benzene rings is 1. The molecule has 1 heterocycles. The molecule has 2 rings (SSSR count). The fourth-order valence-corrected chi connectivity index (χ4v) is 2.32. The van der Waals surface area contributed by atoms with Crippen LogP contribution in [0.3, 0.4) is 0 Å². The van der Waals surface area contributed by atoms with E-state index in [1.807, 2.05) is 18.2 Å². The largest absolute Gasteiger partial charge is 0.492 e. The Kier molecular flexibility index (Phi) is 5.44. The van der Waals surface area contributed by atoms with Crippen molar-refractivity contribution in [3.63, 3.8) is 0 Å². The smallest absolute Gasteiger partial charge is 0.119 e. The van der Waals surface area contributed by atoms with Crippen LogP contribution < -0.4 is 10.5 Å². The first-order chi connectivity index (χ1) is 8.79. The minimum Gasteiger partial charge on any atom is -0.492 e. The average molecular weight is 315 g/mol. The first-order valence-corrected chi connectivity index (χ1v) is 7.00. The third-order valence-corrected chi connectivity index (χ3v) is 3.79. The van der Waals surface area contributed by atoms with Crippen LogP contribution in [-0.2, 0) is 11.3 Å². The van der Waals surface area contributed by atoms with Gasteiger partial charge in [-0.15, -0.1) is 0 Å². The minimum atomic E-state index is 0.515. The highest BCUT2D eigenvalue weighted by Crippen LogP contribution is 2.22. The number of morpholine rings is 1. The van der Waals surface area contributed by atoms with E-state index in [1.165, 1.54) is 0 Å². The molecule has 0 radical (unpaired) electrons. The summed E-state index contributed by atoms with van der Waals surface area (Å²) < 4.78 is 12.1. The van der Waals surface area contributed by atoms with E-state index in [0.717, 1.165) is 48.6 Å². The summed E-state index contributed by atoms with van der Waals surface area (Å²) in [5.74, 6) is 0.881. The molecule has 4 nitrogen and oxygen atoms in total. The van der Waals surface area contributed by atoms with E-state index in [9.17, 15) is 0 Å². The van der Waals surface area contributed by atoms with Gasteiger partial charge in [0.2, 0.25) is 0 Å². The van der Waals surface area contributed by atoms with Crippen LogP contribution in [0.5, 0.6) is 5.75 Å². The predicted octanol–water partition coefficient (Wildman–Crippen LogP) is 1.62. The zero-order valence-electron chi connectivity index (χ0n) is 10.4. The van der Waals surface area contributed by atoms with Gasteiger partial charge >= 0.3 is 0 Å². The van der Waals surface area contributed by atoms with Crippen molar-refractivity contribution in [3.8, 4) is 5.75 Å². The normalized spacial score (nSPS) is 16.8. The van der Waals surface area contributed by atoms with Gasteiger partial charge in [0.15, 0.2) is 0 Å². The van der Waals surface area contributed by atoms with Crippen molar-refractivity contribution in [2.24, 2.45) is 5.73 Å². The van der Waals surface area contributed by atoms with Crippen molar-refractivity contribution >= 4 is 15.9 Å². The van der Waals surface area contributed by atoms with Crippen LogP contribution in [0, 0.1) is 0 Å². The van der Waals surface area contributed by atoms with E-state index in [0.29, 0.717) is 13.2 Å². The average Bonchev–Trinajstić information content (AvgIpc) is 2.42. The first kappa shape index (κ1) is 13.8. The third kappa shape index (κ3) is 3.95. The van der Waals surface area contributed by atoms with Gasteiger partial charge in [-0.3, -0.25) is 4.90 Å². The van der Waals surface area contributed by atoms with Crippen LogP contribution >= 0.6 is 15.9 Å². The Morgan fingerprint density at radius 3 is 2.83 bits per heavy atom. The number of halogens is 1. The van der Waals surface area contributed by atoms with E-state index >= 15 is 0 Å². The van der Waals surface area contributed by atoms with Crippen molar-refractivity contribution in [2.75, 3.05) is 39.5 Å². The lowest BCUT2D eigenvalue weighted by molar-refractivity contribution is 0.0322. The predicted molar refractivity (Wildman–Crippen MR) is 74.8 cm³/mol. The summed E-state index contributed by atoms with van der Waals surface area (Å²) in [5, 5.41) is 0. The molecule has 100 valence electrons. The Balaban J connectivity index is 1.79. The van der Waals surface area contributed by atoms with Crippen LogP contribution in [0.2, 0.25) is 0 Å². The summed E-state index contributed by atoms with van der Waals surface area (Å²) in [4.78, 5) is 2.35. The quantitative estimate of drug-likeness (QED) is 0.897. The molecule has 1 aliphatic heterocycles. The molecule has 0 spiro atoms. The van der Waals surface area contributed by atoms with Gasteiger partial charge in [-0.2, -0.15) is 0 Å². The fraction of sp³-hybridized carbons (Fsp3) is 0.538. The number of hydrogen-bond acceptors (Lipinski definition) is 4. The summed E-state index contributed by atoms with van der Waals surface area (Å²) in [6.07, 6.45) is 0. The van der Waals surface area contributed by atoms with Crippen molar-refractivity contribution in [3.05, 3.63) is 28.2 Å². The van der Waals surface area contributed by atoms with E-state index in [-0.39, 0.29) is 0 Å². The lowest BCUT2D eigenvalue weighted by Crippen LogP contribution is -2.38. The number of nitrogens with two attached hydrogens (primary N) is 1. The standard InChI is InChI=1S/C13H19BrN2O2/c14-13-2-1-12(9-11(13)10-15)18-8-5-16-3-6-17-7-4-16/h1-2,9H,3-8,10,15H2. The van der Waals surface area contributed by atoms with Crippen molar-refractivity contribution in [2.45, 2.75) is 6.54 Å². The highest BCUT2D eigenvalue weighted by atomic mass is 79.9. The van der Waals surface area contributed by atoms with Gasteiger partial charge in [0.25, 0.3) is 0 Å². The van der Waals surface area contributed by atoms with Crippen LogP contribution in [0.1, 0.15) is 5.56 Å². The molecule has 2 N–H and O–H groups in total. The van der Waals surface area contributed by atoms with E-state index in [4.69, 9.17) is 15.2 Å². The maximum Gasteiger partial charge on any atom is 0.119 e. The zero-order valence-corrected chi connectivity index (χ0v) is 12.0. The summed E-state index contributed by atoms with van der Waals surface area (Å²) in [6, 6.07) is 5.93. The second kappa shape index (κ2) is 7.09. The van der Waals surface area contributed by atoms with Gasteiger partial charge < -0.3 is 15.2 Å². The van der Waals surface area contributed by atoms with Gasteiger partial charge in [0, 0.05) is 30.7 Å². The van der Waals surface area contributed by atoms with Crippen molar-refractivity contribution in [1.29, 1.82) is 0 Å². The second-order valence-electron chi connectivity index (χ2n) is 4.26. The molecule has 18 heavy (non-hydrogen) atoms. The highest BCUT2D eigenvalue weighted by molar-refractivity contribution is 9.10. The number of rotatable bonds is 5. The molecular weight excluding hydrogens is 296 g/mol. The maximum atomic E-state index is 5.75. The second-order valence-corrected chi connectivity index (χ2v) is 5.11. The molecule has 0 saturated carbocycles. The number of nitrogens with zero attached hydrogens (tertiary/aromatic N) is 1. The topological polar surface area (TPSA) is 47.7 Å². The zero-order chi connectivity index (χ0) is 12.8. The first-order valence-electron chi connectivity index (χ1n) is 6.21. The van der Waals surface area contributed by atoms with Crippen LogP contribution in [0.15, 0.2) is 22.7 Å². The summed E-state index contributed by atoms with van der Waals surface area (Å²) in [6.45, 7) is 5.81. The van der Waals surface area contributed by atoms with Crippen molar-refractivity contribution in [1.82, 2.24) is 4.90 Å². The summed E-state index contributed by atoms with van der Waals surface area (Å²) in [7, 11) is 0. The molecule has 1 aliphatic rings. The van der Waals surface area contributed by atoms with Gasteiger partial charge in [0.1, 0.15) is 12.4 Å². The Morgan fingerprint density at radius 1 is 1.33 bits per heavy atom. The van der Waals surface area contributed by atoms with Gasteiger partial charge in [-0.1, -0.05) is 15.9 Å². The molecule has 0 aliphatic carbocycles. The van der Waals surface area contributed by atoms with Crippen LogP contribution in [-0.4, -0.2) is 44.4 Å². The summed E-state index contributed by atoms with van der Waals surface area (Å²) >= 11 is 3.46. The molecule has 5 heteroatoms. The Hall–Kier alpha value is -0.620. The van der Waals surface area contributed by atoms with Gasteiger partial charge in [-0.05, 0) is 23.8 Å². The van der Waals surface area contributed by atoms with E-state index < -0.39 is 0 Å². The monoisotopic (exact) mass is 314 g/mol. The SMILES string of the molecule is NCc1cc(OCCN2CCOCC2)ccc1Br. The molecular formula is C13H19BrN2O2. The number of hydrogen-bond donors (Lipinski definition) is 1. The molecule has 0 atom stereocenters. The minimum absolute atomic E-state index is 0.515. The molecule has 0 aromatic heterocycles. The Labute approximate surface area is 116 Å². The summed E-state index contributed by atoms with van der Waals surface area (Å²) in [5.41, 5.74) is 6.73. The molecule has 1 saturated heterocycles. The van der Waals surface area contributed by atoms with E-state index in [1.54, 1.807) is 0 Å². The van der Waals surface area contributed by atoms with Crippen LogP contribution in [0.25, 0.3) is 0 Å². The third-order valence-electron chi connectivity index (χ3n) is 3.02. The molecule has 1 aromatic rings. The highest BCUT2D eigenvalue weighted by Gasteiger charge is 2.09. The molecule has 1 fully saturated rings.